The molecule has 2 rings (SSSR count). The number of rotatable bonds is 3. The van der Waals surface area contributed by atoms with Crippen molar-refractivity contribution >= 4 is 22.2 Å². The second kappa shape index (κ2) is 4.74. The van der Waals surface area contributed by atoms with Crippen LogP contribution in [0, 0.1) is 0 Å². The summed E-state index contributed by atoms with van der Waals surface area (Å²) in [4.78, 5) is 12.1. The van der Waals surface area contributed by atoms with Gasteiger partial charge in [0, 0.05) is 31.1 Å². The van der Waals surface area contributed by atoms with Crippen LogP contribution in [-0.2, 0) is 11.2 Å². The summed E-state index contributed by atoms with van der Waals surface area (Å²) in [6, 6.07) is 4.56. The minimum atomic E-state index is -0.0101. The average molecular weight is 225 g/mol. The lowest BCUT2D eigenvalue weighted by atomic mass is 10.2. The first-order valence-electron chi connectivity index (χ1n) is 5.04. The molecule has 3 N–H and O–H groups in total. The minimum absolute atomic E-state index is 0.0101. The predicted molar refractivity (Wildman–Crippen MR) is 62.1 cm³/mol. The van der Waals surface area contributed by atoms with Crippen LogP contribution in [0.5, 0.6) is 0 Å². The molecule has 5 heteroatoms. The third-order valence-electron chi connectivity index (χ3n) is 2.31. The number of amides is 1. The first kappa shape index (κ1) is 10.6. The normalized spacial score (nSPS) is 20.5. The highest BCUT2D eigenvalue weighted by molar-refractivity contribution is 7.16. The summed E-state index contributed by atoms with van der Waals surface area (Å²) in [5.41, 5.74) is 0. The standard InChI is InChI=1S/C10H15N3OS/c1-7(14)13-10-3-2-9(15-10)4-8-5-11-6-12-8/h2-3,8,11-12H,4-6H2,1H3,(H,13,14). The zero-order valence-electron chi connectivity index (χ0n) is 8.67. The van der Waals surface area contributed by atoms with Crippen molar-refractivity contribution in [2.24, 2.45) is 0 Å². The molecule has 1 aromatic heterocycles. The molecule has 0 bridgehead atoms. The van der Waals surface area contributed by atoms with Crippen molar-refractivity contribution in [3.8, 4) is 0 Å². The van der Waals surface area contributed by atoms with Crippen molar-refractivity contribution in [1.82, 2.24) is 10.6 Å². The summed E-state index contributed by atoms with van der Waals surface area (Å²) in [6.45, 7) is 3.45. The maximum absolute atomic E-state index is 10.8. The second-order valence-electron chi connectivity index (χ2n) is 3.68. The van der Waals surface area contributed by atoms with Crippen LogP contribution >= 0.6 is 11.3 Å². The summed E-state index contributed by atoms with van der Waals surface area (Å²) in [6.07, 6.45) is 1.03. The highest BCUT2D eigenvalue weighted by Crippen LogP contribution is 2.23. The highest BCUT2D eigenvalue weighted by Gasteiger charge is 2.14. The Labute approximate surface area is 93.1 Å². The van der Waals surface area contributed by atoms with Crippen molar-refractivity contribution in [3.63, 3.8) is 0 Å². The molecule has 1 aliphatic rings. The Morgan fingerprint density at radius 2 is 2.53 bits per heavy atom. The molecule has 1 unspecified atom stereocenters. The van der Waals surface area contributed by atoms with Gasteiger partial charge in [-0.05, 0) is 18.6 Å². The van der Waals surface area contributed by atoms with Gasteiger partial charge in [0.05, 0.1) is 5.00 Å². The molecular weight excluding hydrogens is 210 g/mol. The summed E-state index contributed by atoms with van der Waals surface area (Å²) in [5.74, 6) is -0.0101. The van der Waals surface area contributed by atoms with Gasteiger partial charge in [-0.1, -0.05) is 0 Å². The van der Waals surface area contributed by atoms with E-state index in [1.807, 2.05) is 6.07 Å². The molecule has 1 aliphatic heterocycles. The lowest BCUT2D eigenvalue weighted by Crippen LogP contribution is -2.25. The SMILES string of the molecule is CC(=O)Nc1ccc(CC2CNCN2)s1. The largest absolute Gasteiger partial charge is 0.318 e. The Bertz CT molecular complexity index is 344. The van der Waals surface area contributed by atoms with Crippen molar-refractivity contribution in [2.75, 3.05) is 18.5 Å². The van der Waals surface area contributed by atoms with Gasteiger partial charge in [-0.2, -0.15) is 0 Å². The zero-order chi connectivity index (χ0) is 10.7. The number of thiophene rings is 1. The number of carbonyl (C=O) groups is 1. The van der Waals surface area contributed by atoms with E-state index in [2.05, 4.69) is 22.0 Å². The Hall–Kier alpha value is -0.910. The average Bonchev–Trinajstić information content (AvgIpc) is 2.77. The molecule has 82 valence electrons. The minimum Gasteiger partial charge on any atom is -0.318 e. The molecular formula is C10H15N3OS. The van der Waals surface area contributed by atoms with Gasteiger partial charge < -0.3 is 16.0 Å². The summed E-state index contributed by atoms with van der Waals surface area (Å²) in [7, 11) is 0. The molecule has 1 fully saturated rings. The van der Waals surface area contributed by atoms with Crippen LogP contribution in [0.25, 0.3) is 0 Å². The Morgan fingerprint density at radius 1 is 1.67 bits per heavy atom. The van der Waals surface area contributed by atoms with Crippen LogP contribution in [0.2, 0.25) is 0 Å². The van der Waals surface area contributed by atoms with Crippen molar-refractivity contribution < 1.29 is 4.79 Å². The summed E-state index contributed by atoms with van der Waals surface area (Å²) >= 11 is 1.65. The van der Waals surface area contributed by atoms with Gasteiger partial charge in [0.2, 0.25) is 5.91 Å². The van der Waals surface area contributed by atoms with Crippen molar-refractivity contribution in [3.05, 3.63) is 17.0 Å². The molecule has 1 atom stereocenters. The van der Waals surface area contributed by atoms with Gasteiger partial charge in [-0.25, -0.2) is 0 Å². The predicted octanol–water partition coefficient (Wildman–Crippen LogP) is 0.768. The zero-order valence-corrected chi connectivity index (χ0v) is 9.49. The van der Waals surface area contributed by atoms with Crippen LogP contribution in [0.1, 0.15) is 11.8 Å². The maximum Gasteiger partial charge on any atom is 0.221 e. The van der Waals surface area contributed by atoms with Gasteiger partial charge in [-0.3, -0.25) is 4.79 Å². The number of hydrogen-bond donors (Lipinski definition) is 3. The van der Waals surface area contributed by atoms with Gasteiger partial charge >= 0.3 is 0 Å². The Morgan fingerprint density at radius 3 is 3.20 bits per heavy atom. The lowest BCUT2D eigenvalue weighted by molar-refractivity contribution is -0.114. The van der Waals surface area contributed by atoms with Crippen LogP contribution in [-0.4, -0.2) is 25.2 Å². The van der Waals surface area contributed by atoms with E-state index in [0.717, 1.165) is 24.6 Å². The molecule has 2 heterocycles. The molecule has 0 saturated carbocycles. The Kier molecular flexibility index (Phi) is 3.35. The van der Waals surface area contributed by atoms with Gasteiger partial charge in [0.15, 0.2) is 0 Å². The number of nitrogens with one attached hydrogen (secondary N) is 3. The van der Waals surface area contributed by atoms with E-state index in [1.54, 1.807) is 11.3 Å². The van der Waals surface area contributed by atoms with Gasteiger partial charge in [0.1, 0.15) is 0 Å². The van der Waals surface area contributed by atoms with E-state index >= 15 is 0 Å². The molecule has 0 aromatic carbocycles. The van der Waals surface area contributed by atoms with E-state index in [4.69, 9.17) is 0 Å². The van der Waals surface area contributed by atoms with E-state index in [9.17, 15) is 4.79 Å². The van der Waals surface area contributed by atoms with Gasteiger partial charge in [0.25, 0.3) is 0 Å². The number of carbonyl (C=O) groups excluding carboxylic acids is 1. The first-order valence-corrected chi connectivity index (χ1v) is 5.86. The van der Waals surface area contributed by atoms with Crippen molar-refractivity contribution in [1.29, 1.82) is 0 Å². The molecule has 0 radical (unpaired) electrons. The molecule has 0 spiro atoms. The van der Waals surface area contributed by atoms with Crippen LogP contribution in [0.15, 0.2) is 12.1 Å². The van der Waals surface area contributed by atoms with E-state index in [0.29, 0.717) is 6.04 Å². The van der Waals surface area contributed by atoms with Gasteiger partial charge in [-0.15, -0.1) is 11.3 Å². The molecule has 4 nitrogen and oxygen atoms in total. The molecule has 1 saturated heterocycles. The maximum atomic E-state index is 10.8. The first-order chi connectivity index (χ1) is 7.24. The van der Waals surface area contributed by atoms with E-state index < -0.39 is 0 Å². The monoisotopic (exact) mass is 225 g/mol. The summed E-state index contributed by atoms with van der Waals surface area (Å²) in [5, 5.41) is 10.3. The summed E-state index contributed by atoms with van der Waals surface area (Å²) < 4.78 is 0. The van der Waals surface area contributed by atoms with Crippen LogP contribution in [0.3, 0.4) is 0 Å². The van der Waals surface area contributed by atoms with E-state index in [-0.39, 0.29) is 5.91 Å². The molecule has 0 aliphatic carbocycles. The fourth-order valence-corrected chi connectivity index (χ4v) is 2.68. The van der Waals surface area contributed by atoms with Crippen molar-refractivity contribution in [2.45, 2.75) is 19.4 Å². The lowest BCUT2D eigenvalue weighted by Gasteiger charge is -2.05. The Balaban J connectivity index is 1.91. The van der Waals surface area contributed by atoms with Crippen LogP contribution < -0.4 is 16.0 Å². The molecule has 15 heavy (non-hydrogen) atoms. The fraction of sp³-hybridized carbons (Fsp3) is 0.500. The molecule has 1 amide bonds. The topological polar surface area (TPSA) is 53.2 Å². The fourth-order valence-electron chi connectivity index (χ4n) is 1.65. The second-order valence-corrected chi connectivity index (χ2v) is 4.85. The number of hydrogen-bond acceptors (Lipinski definition) is 4. The smallest absolute Gasteiger partial charge is 0.221 e. The van der Waals surface area contributed by atoms with E-state index in [1.165, 1.54) is 11.8 Å². The third kappa shape index (κ3) is 3.02. The number of anilines is 1. The molecule has 1 aromatic rings. The van der Waals surface area contributed by atoms with Crippen LogP contribution in [0.4, 0.5) is 5.00 Å². The third-order valence-corrected chi connectivity index (χ3v) is 3.34. The quantitative estimate of drug-likeness (QED) is 0.712. The highest BCUT2D eigenvalue weighted by atomic mass is 32.1.